The zero-order valence-corrected chi connectivity index (χ0v) is 18.1. The monoisotopic (exact) mass is 442 g/mol. The Labute approximate surface area is 179 Å². The standard InChI is InChI=1S/C21H22N4O3S2/c1-2-3-5-15-6-11-18-19(14-15)29-21(24-18)25-20(26)16-7-9-17(10-8-16)30(27,28)23-13-4-12-22/h6-11,14,23H,2-5,13H2,1H3,(H,24,25,26). The maximum atomic E-state index is 12.5. The summed E-state index contributed by atoms with van der Waals surface area (Å²) in [6.07, 6.45) is 3.38. The number of aryl methyl sites for hydroxylation is 1. The number of amides is 1. The van der Waals surface area contributed by atoms with E-state index in [-0.39, 0.29) is 23.8 Å². The molecular formula is C21H22N4O3S2. The van der Waals surface area contributed by atoms with Crippen molar-refractivity contribution in [2.24, 2.45) is 0 Å². The highest BCUT2D eigenvalue weighted by Crippen LogP contribution is 2.27. The van der Waals surface area contributed by atoms with Gasteiger partial charge in [-0.1, -0.05) is 30.7 Å². The Morgan fingerprint density at radius 2 is 1.97 bits per heavy atom. The summed E-state index contributed by atoms with van der Waals surface area (Å²) in [6.45, 7) is 2.20. The van der Waals surface area contributed by atoms with Gasteiger partial charge in [-0.25, -0.2) is 18.1 Å². The molecule has 7 nitrogen and oxygen atoms in total. The Morgan fingerprint density at radius 3 is 2.67 bits per heavy atom. The summed E-state index contributed by atoms with van der Waals surface area (Å²) in [4.78, 5) is 17.0. The number of thiazole rings is 1. The first kappa shape index (κ1) is 21.9. The van der Waals surface area contributed by atoms with E-state index in [9.17, 15) is 13.2 Å². The molecule has 2 aromatic carbocycles. The molecule has 30 heavy (non-hydrogen) atoms. The molecule has 0 radical (unpaired) electrons. The van der Waals surface area contributed by atoms with Crippen molar-refractivity contribution in [3.05, 3.63) is 53.6 Å². The molecule has 0 aliphatic carbocycles. The Hall–Kier alpha value is -2.80. The molecule has 0 unspecified atom stereocenters. The van der Waals surface area contributed by atoms with Gasteiger partial charge in [-0.15, -0.1) is 0 Å². The molecule has 9 heteroatoms. The average molecular weight is 443 g/mol. The van der Waals surface area contributed by atoms with E-state index >= 15 is 0 Å². The zero-order chi connectivity index (χ0) is 21.6. The van der Waals surface area contributed by atoms with Crippen molar-refractivity contribution in [2.75, 3.05) is 11.9 Å². The van der Waals surface area contributed by atoms with Crippen molar-refractivity contribution < 1.29 is 13.2 Å². The maximum Gasteiger partial charge on any atom is 0.257 e. The van der Waals surface area contributed by atoms with Gasteiger partial charge in [0, 0.05) is 18.5 Å². The van der Waals surface area contributed by atoms with Crippen LogP contribution in [-0.4, -0.2) is 25.9 Å². The second-order valence-electron chi connectivity index (χ2n) is 6.71. The molecular weight excluding hydrogens is 420 g/mol. The summed E-state index contributed by atoms with van der Waals surface area (Å²) in [5, 5.41) is 11.8. The number of anilines is 1. The number of hydrogen-bond donors (Lipinski definition) is 2. The molecule has 0 fully saturated rings. The SMILES string of the molecule is CCCCc1ccc2nc(NC(=O)c3ccc(S(=O)(=O)NCCC#N)cc3)sc2c1. The van der Waals surface area contributed by atoms with Gasteiger partial charge in [0.2, 0.25) is 10.0 Å². The second kappa shape index (κ2) is 9.80. The van der Waals surface area contributed by atoms with Crippen LogP contribution < -0.4 is 10.0 Å². The summed E-state index contributed by atoms with van der Waals surface area (Å²) < 4.78 is 27.6. The molecule has 0 spiro atoms. The molecule has 1 heterocycles. The van der Waals surface area contributed by atoms with Crippen LogP contribution >= 0.6 is 11.3 Å². The lowest BCUT2D eigenvalue weighted by Crippen LogP contribution is -2.24. The molecule has 156 valence electrons. The Balaban J connectivity index is 1.69. The topological polar surface area (TPSA) is 112 Å². The zero-order valence-electron chi connectivity index (χ0n) is 16.5. The second-order valence-corrected chi connectivity index (χ2v) is 9.51. The van der Waals surface area contributed by atoms with Crippen molar-refractivity contribution in [1.29, 1.82) is 5.26 Å². The van der Waals surface area contributed by atoms with Gasteiger partial charge in [0.15, 0.2) is 5.13 Å². The third-order valence-electron chi connectivity index (χ3n) is 4.45. The van der Waals surface area contributed by atoms with Crippen LogP contribution in [0.15, 0.2) is 47.4 Å². The van der Waals surface area contributed by atoms with Crippen molar-refractivity contribution in [1.82, 2.24) is 9.71 Å². The molecule has 1 amide bonds. The number of sulfonamides is 1. The number of fused-ring (bicyclic) bond motifs is 1. The molecule has 3 aromatic rings. The number of rotatable bonds is 9. The van der Waals surface area contributed by atoms with Crippen LogP contribution in [0.4, 0.5) is 5.13 Å². The fraction of sp³-hybridized carbons (Fsp3) is 0.286. The Kier molecular flexibility index (Phi) is 7.15. The quantitative estimate of drug-likeness (QED) is 0.485. The van der Waals surface area contributed by atoms with E-state index in [0.717, 1.165) is 29.5 Å². The lowest BCUT2D eigenvalue weighted by Gasteiger charge is -2.06. The highest BCUT2D eigenvalue weighted by molar-refractivity contribution is 7.89. The third kappa shape index (κ3) is 5.42. The first-order valence-electron chi connectivity index (χ1n) is 9.60. The maximum absolute atomic E-state index is 12.5. The number of nitrogens with one attached hydrogen (secondary N) is 2. The summed E-state index contributed by atoms with van der Waals surface area (Å²) in [7, 11) is -3.71. The first-order valence-corrected chi connectivity index (χ1v) is 11.9. The van der Waals surface area contributed by atoms with E-state index in [1.807, 2.05) is 12.1 Å². The molecule has 0 aliphatic heterocycles. The normalized spacial score (nSPS) is 11.3. The third-order valence-corrected chi connectivity index (χ3v) is 6.86. The van der Waals surface area contributed by atoms with Crippen LogP contribution in [0.2, 0.25) is 0 Å². The number of nitrogens with zero attached hydrogens (tertiary/aromatic N) is 2. The number of benzene rings is 2. The van der Waals surface area contributed by atoms with Gasteiger partial charge < -0.3 is 0 Å². The van der Waals surface area contributed by atoms with Crippen molar-refractivity contribution in [3.8, 4) is 6.07 Å². The minimum absolute atomic E-state index is 0.0385. The van der Waals surface area contributed by atoms with Crippen LogP contribution in [0.3, 0.4) is 0 Å². The molecule has 0 aliphatic rings. The van der Waals surface area contributed by atoms with Crippen LogP contribution in [0.5, 0.6) is 0 Å². The molecule has 0 saturated heterocycles. The van der Waals surface area contributed by atoms with Crippen LogP contribution in [-0.2, 0) is 16.4 Å². The fourth-order valence-corrected chi connectivity index (χ4v) is 4.79. The molecule has 0 bridgehead atoms. The molecule has 0 saturated carbocycles. The predicted molar refractivity (Wildman–Crippen MR) is 118 cm³/mol. The Bertz CT molecular complexity index is 1180. The number of aromatic nitrogens is 1. The first-order chi connectivity index (χ1) is 14.4. The lowest BCUT2D eigenvalue weighted by atomic mass is 10.1. The van der Waals surface area contributed by atoms with Crippen LogP contribution in [0, 0.1) is 11.3 Å². The summed E-state index contributed by atoms with van der Waals surface area (Å²) in [5.74, 6) is -0.360. The molecule has 2 N–H and O–H groups in total. The predicted octanol–water partition coefficient (Wildman–Crippen LogP) is 4.08. The van der Waals surface area contributed by atoms with Gasteiger partial charge in [-0.05, 0) is 54.8 Å². The molecule has 0 atom stereocenters. The van der Waals surface area contributed by atoms with Crippen LogP contribution in [0.25, 0.3) is 10.2 Å². The highest BCUT2D eigenvalue weighted by atomic mass is 32.2. The fourth-order valence-electron chi connectivity index (χ4n) is 2.84. The van der Waals surface area contributed by atoms with E-state index in [1.165, 1.54) is 41.2 Å². The minimum Gasteiger partial charge on any atom is -0.298 e. The Morgan fingerprint density at radius 1 is 1.20 bits per heavy atom. The van der Waals surface area contributed by atoms with E-state index in [4.69, 9.17) is 5.26 Å². The van der Waals surface area contributed by atoms with E-state index in [2.05, 4.69) is 34.1 Å². The number of carbonyl (C=O) groups is 1. The van der Waals surface area contributed by atoms with Gasteiger partial charge in [0.05, 0.1) is 21.2 Å². The van der Waals surface area contributed by atoms with Crippen molar-refractivity contribution in [3.63, 3.8) is 0 Å². The number of nitriles is 1. The summed E-state index contributed by atoms with van der Waals surface area (Å²) >= 11 is 1.41. The van der Waals surface area contributed by atoms with Gasteiger partial charge in [0.1, 0.15) is 0 Å². The van der Waals surface area contributed by atoms with Crippen LogP contribution in [0.1, 0.15) is 42.1 Å². The van der Waals surface area contributed by atoms with Gasteiger partial charge in [-0.2, -0.15) is 5.26 Å². The number of unbranched alkanes of at least 4 members (excludes halogenated alkanes) is 1. The smallest absolute Gasteiger partial charge is 0.257 e. The number of hydrogen-bond acceptors (Lipinski definition) is 6. The van der Waals surface area contributed by atoms with Crippen molar-refractivity contribution >= 4 is 42.6 Å². The summed E-state index contributed by atoms with van der Waals surface area (Å²) in [6, 6.07) is 13.6. The van der Waals surface area contributed by atoms with Crippen molar-refractivity contribution in [2.45, 2.75) is 37.5 Å². The van der Waals surface area contributed by atoms with Gasteiger partial charge >= 0.3 is 0 Å². The van der Waals surface area contributed by atoms with E-state index in [1.54, 1.807) is 0 Å². The lowest BCUT2D eigenvalue weighted by molar-refractivity contribution is 0.102. The van der Waals surface area contributed by atoms with Gasteiger partial charge in [0.25, 0.3) is 5.91 Å². The molecule has 1 aromatic heterocycles. The average Bonchev–Trinajstić information content (AvgIpc) is 3.13. The van der Waals surface area contributed by atoms with E-state index < -0.39 is 10.0 Å². The molecule has 3 rings (SSSR count). The minimum atomic E-state index is -3.71. The van der Waals surface area contributed by atoms with E-state index in [0.29, 0.717) is 10.7 Å². The van der Waals surface area contributed by atoms with Gasteiger partial charge in [-0.3, -0.25) is 10.1 Å². The number of carbonyl (C=O) groups excluding carboxylic acids is 1. The largest absolute Gasteiger partial charge is 0.298 e. The summed E-state index contributed by atoms with van der Waals surface area (Å²) in [5.41, 5.74) is 2.42. The highest BCUT2D eigenvalue weighted by Gasteiger charge is 2.15.